The molecule has 2 aliphatic rings. The maximum Gasteiger partial charge on any atom is 0.0991 e. The van der Waals surface area contributed by atoms with Gasteiger partial charge in [0, 0.05) is 10.8 Å². The molecule has 3 heteroatoms. The van der Waals surface area contributed by atoms with Crippen molar-refractivity contribution in [2.45, 2.75) is 5.41 Å². The van der Waals surface area contributed by atoms with Crippen molar-refractivity contribution >= 4 is 21.8 Å². The lowest BCUT2D eigenvalue weighted by Gasteiger charge is -2.39. The third-order valence-corrected chi connectivity index (χ3v) is 8.04. The standard InChI is InChI=1S/C33H17N3/c34-18-20-12-14-22-23-15-13-21(19-35)17-29(23)33(28(22)16-20)26-8-2-4-11-31(26)36-30-10-3-1-6-24(30)25-7-5-9-27(33)32(25)36/h1-17H. The molecule has 2 heterocycles. The quantitative estimate of drug-likeness (QED) is 0.243. The van der Waals surface area contributed by atoms with E-state index in [-0.39, 0.29) is 0 Å². The molecule has 36 heavy (non-hydrogen) atoms. The lowest BCUT2D eigenvalue weighted by atomic mass is 9.65. The van der Waals surface area contributed by atoms with Gasteiger partial charge in [0.1, 0.15) is 0 Å². The van der Waals surface area contributed by atoms with Crippen LogP contribution in [0.4, 0.5) is 0 Å². The molecule has 1 aliphatic heterocycles. The van der Waals surface area contributed by atoms with Crippen LogP contribution in [0.3, 0.4) is 0 Å². The second kappa shape index (κ2) is 6.51. The van der Waals surface area contributed by atoms with Gasteiger partial charge < -0.3 is 4.57 Å². The minimum Gasteiger partial charge on any atom is -0.309 e. The van der Waals surface area contributed by atoms with Crippen LogP contribution in [0.2, 0.25) is 0 Å². The van der Waals surface area contributed by atoms with Crippen LogP contribution in [0.1, 0.15) is 33.4 Å². The molecular formula is C33H17N3. The number of benzene rings is 5. The molecule has 6 aromatic rings. The molecule has 0 saturated heterocycles. The molecule has 5 aromatic carbocycles. The van der Waals surface area contributed by atoms with Gasteiger partial charge in [-0.05, 0) is 69.8 Å². The van der Waals surface area contributed by atoms with Crippen LogP contribution < -0.4 is 0 Å². The molecule has 0 atom stereocenters. The van der Waals surface area contributed by atoms with Crippen LogP contribution >= 0.6 is 0 Å². The van der Waals surface area contributed by atoms with Crippen LogP contribution in [-0.4, -0.2) is 4.57 Å². The highest BCUT2D eigenvalue weighted by atomic mass is 15.0. The normalized spacial score (nSPS) is 13.7. The van der Waals surface area contributed by atoms with Gasteiger partial charge in [0.05, 0.1) is 45.4 Å². The Morgan fingerprint density at radius 1 is 0.556 bits per heavy atom. The lowest BCUT2D eigenvalue weighted by Crippen LogP contribution is -2.33. The Labute approximate surface area is 207 Å². The predicted octanol–water partition coefficient (Wildman–Crippen LogP) is 7.20. The Morgan fingerprint density at radius 3 is 1.89 bits per heavy atom. The van der Waals surface area contributed by atoms with Crippen molar-refractivity contribution in [2.75, 3.05) is 0 Å². The Bertz CT molecular complexity index is 1960. The fourth-order valence-electron chi connectivity index (χ4n) is 6.75. The highest BCUT2D eigenvalue weighted by Gasteiger charge is 2.51. The zero-order chi connectivity index (χ0) is 24.0. The molecule has 1 aromatic heterocycles. The van der Waals surface area contributed by atoms with Gasteiger partial charge in [0.25, 0.3) is 0 Å². The largest absolute Gasteiger partial charge is 0.309 e. The molecule has 8 rings (SSSR count). The van der Waals surface area contributed by atoms with Crippen molar-refractivity contribution in [3.63, 3.8) is 0 Å². The number of fused-ring (bicyclic) bond motifs is 12. The van der Waals surface area contributed by atoms with Gasteiger partial charge in [0.2, 0.25) is 0 Å². The molecule has 0 amide bonds. The Balaban J connectivity index is 1.68. The average Bonchev–Trinajstić information content (AvgIpc) is 3.43. The second-order valence-corrected chi connectivity index (χ2v) is 9.57. The van der Waals surface area contributed by atoms with E-state index in [1.807, 2.05) is 12.1 Å². The molecule has 0 saturated carbocycles. The van der Waals surface area contributed by atoms with Gasteiger partial charge in [-0.2, -0.15) is 10.5 Å². The Kier molecular flexibility index (Phi) is 3.47. The van der Waals surface area contributed by atoms with E-state index in [0.29, 0.717) is 11.1 Å². The van der Waals surface area contributed by atoms with Crippen LogP contribution in [0.25, 0.3) is 38.6 Å². The Hall–Kier alpha value is -5.12. The van der Waals surface area contributed by atoms with E-state index in [4.69, 9.17) is 0 Å². The first-order chi connectivity index (χ1) is 17.8. The third kappa shape index (κ3) is 2.04. The van der Waals surface area contributed by atoms with E-state index in [2.05, 4.69) is 108 Å². The van der Waals surface area contributed by atoms with Gasteiger partial charge in [-0.1, -0.05) is 66.7 Å². The van der Waals surface area contributed by atoms with E-state index in [1.165, 1.54) is 27.4 Å². The SMILES string of the molecule is N#Cc1ccc2c(c1)C1(c3cc(C#N)ccc3-2)c2ccccc2-n2c3ccccc3c3cccc1c32. The van der Waals surface area contributed by atoms with Crippen molar-refractivity contribution in [1.29, 1.82) is 10.5 Å². The van der Waals surface area contributed by atoms with Crippen molar-refractivity contribution in [1.82, 2.24) is 4.57 Å². The number of nitriles is 2. The molecular weight excluding hydrogens is 438 g/mol. The summed E-state index contributed by atoms with van der Waals surface area (Å²) < 4.78 is 2.39. The van der Waals surface area contributed by atoms with Crippen molar-refractivity contribution in [2.24, 2.45) is 0 Å². The average molecular weight is 456 g/mol. The number of nitrogens with zero attached hydrogens (tertiary/aromatic N) is 3. The fourth-order valence-corrected chi connectivity index (χ4v) is 6.75. The van der Waals surface area contributed by atoms with Crippen LogP contribution in [0.5, 0.6) is 0 Å². The first kappa shape index (κ1) is 19.2. The second-order valence-electron chi connectivity index (χ2n) is 9.57. The van der Waals surface area contributed by atoms with Gasteiger partial charge in [0.15, 0.2) is 0 Å². The highest BCUT2D eigenvalue weighted by molar-refractivity contribution is 6.12. The number of hydrogen-bond acceptors (Lipinski definition) is 2. The molecule has 164 valence electrons. The smallest absolute Gasteiger partial charge is 0.0991 e. The summed E-state index contributed by atoms with van der Waals surface area (Å²) >= 11 is 0. The molecule has 1 aliphatic carbocycles. The number of hydrogen-bond donors (Lipinski definition) is 0. The molecule has 0 N–H and O–H groups in total. The van der Waals surface area contributed by atoms with E-state index < -0.39 is 5.41 Å². The number of aromatic nitrogens is 1. The number of para-hydroxylation sites is 3. The minimum absolute atomic E-state index is 0.634. The van der Waals surface area contributed by atoms with Crippen LogP contribution in [0, 0.1) is 22.7 Å². The summed E-state index contributed by atoms with van der Waals surface area (Å²) in [6, 6.07) is 40.5. The maximum atomic E-state index is 9.86. The Morgan fingerprint density at radius 2 is 1.17 bits per heavy atom. The van der Waals surface area contributed by atoms with Gasteiger partial charge in [-0.25, -0.2) is 0 Å². The fraction of sp³-hybridized carbons (Fsp3) is 0.0303. The third-order valence-electron chi connectivity index (χ3n) is 8.04. The van der Waals surface area contributed by atoms with Crippen molar-refractivity contribution in [3.05, 3.63) is 137 Å². The number of rotatable bonds is 0. The zero-order valence-electron chi connectivity index (χ0n) is 19.2. The summed E-state index contributed by atoms with van der Waals surface area (Å²) in [4.78, 5) is 0. The summed E-state index contributed by atoms with van der Waals surface area (Å²) in [5, 5.41) is 22.1. The maximum absolute atomic E-state index is 9.86. The first-order valence-electron chi connectivity index (χ1n) is 12.0. The summed E-state index contributed by atoms with van der Waals surface area (Å²) in [5.41, 5.74) is 10.9. The summed E-state index contributed by atoms with van der Waals surface area (Å²) in [6.45, 7) is 0. The highest BCUT2D eigenvalue weighted by Crippen LogP contribution is 2.61. The van der Waals surface area contributed by atoms with Gasteiger partial charge in [-0.3, -0.25) is 0 Å². The van der Waals surface area contributed by atoms with Gasteiger partial charge in [-0.15, -0.1) is 0 Å². The molecule has 0 bridgehead atoms. The molecule has 0 fully saturated rings. The van der Waals surface area contributed by atoms with Gasteiger partial charge >= 0.3 is 0 Å². The van der Waals surface area contributed by atoms with E-state index >= 15 is 0 Å². The zero-order valence-corrected chi connectivity index (χ0v) is 19.2. The summed E-state index contributed by atoms with van der Waals surface area (Å²) in [6.07, 6.45) is 0. The van der Waals surface area contributed by atoms with Crippen molar-refractivity contribution in [3.8, 4) is 29.0 Å². The molecule has 3 nitrogen and oxygen atoms in total. The van der Waals surface area contributed by atoms with Crippen LogP contribution in [-0.2, 0) is 5.41 Å². The monoisotopic (exact) mass is 455 g/mol. The van der Waals surface area contributed by atoms with E-state index in [1.54, 1.807) is 0 Å². The topological polar surface area (TPSA) is 52.5 Å². The van der Waals surface area contributed by atoms with Crippen molar-refractivity contribution < 1.29 is 0 Å². The predicted molar refractivity (Wildman–Crippen MR) is 141 cm³/mol. The first-order valence-corrected chi connectivity index (χ1v) is 12.0. The van der Waals surface area contributed by atoms with E-state index in [0.717, 1.165) is 33.5 Å². The lowest BCUT2D eigenvalue weighted by molar-refractivity contribution is 0.748. The summed E-state index contributed by atoms with van der Waals surface area (Å²) in [5.74, 6) is 0. The minimum atomic E-state index is -0.634. The molecule has 1 spiro atoms. The van der Waals surface area contributed by atoms with Crippen LogP contribution in [0.15, 0.2) is 103 Å². The summed E-state index contributed by atoms with van der Waals surface area (Å²) in [7, 11) is 0. The molecule has 0 radical (unpaired) electrons. The van der Waals surface area contributed by atoms with E-state index in [9.17, 15) is 10.5 Å². The molecule has 0 unspecified atom stereocenters.